The van der Waals surface area contributed by atoms with Crippen LogP contribution in [0, 0.1) is 11.7 Å². The molecule has 1 heterocycles. The van der Waals surface area contributed by atoms with Crippen molar-refractivity contribution < 1.29 is 4.39 Å². The van der Waals surface area contributed by atoms with Crippen LogP contribution in [0.1, 0.15) is 43.7 Å². The summed E-state index contributed by atoms with van der Waals surface area (Å²) in [5, 5.41) is 0. The first-order valence-corrected chi connectivity index (χ1v) is 8.40. The molecule has 1 saturated heterocycles. The molecule has 1 aliphatic heterocycles. The van der Waals surface area contributed by atoms with Crippen LogP contribution >= 0.6 is 15.9 Å². The highest BCUT2D eigenvalue weighted by Crippen LogP contribution is 2.41. The first-order valence-electron chi connectivity index (χ1n) is 7.61. The number of hydrogen-bond donors (Lipinski definition) is 1. The molecule has 1 aliphatic carbocycles. The van der Waals surface area contributed by atoms with Gasteiger partial charge in [-0.05, 0) is 50.3 Å². The molecular weight excluding hydrogens is 319 g/mol. The molecule has 2 fully saturated rings. The Labute approximate surface area is 128 Å². The van der Waals surface area contributed by atoms with Crippen LogP contribution in [0.15, 0.2) is 22.7 Å². The van der Waals surface area contributed by atoms with E-state index in [1.807, 2.05) is 12.1 Å². The summed E-state index contributed by atoms with van der Waals surface area (Å²) < 4.78 is 15.1. The Kier molecular flexibility index (Phi) is 4.43. The topological polar surface area (TPSA) is 29.3 Å². The Balaban J connectivity index is 1.88. The fraction of sp³-hybridized carbons (Fsp3) is 0.625. The van der Waals surface area contributed by atoms with E-state index in [2.05, 4.69) is 20.8 Å². The van der Waals surface area contributed by atoms with E-state index in [9.17, 15) is 4.39 Å². The van der Waals surface area contributed by atoms with E-state index in [0.29, 0.717) is 12.6 Å². The molecule has 3 unspecified atom stereocenters. The summed E-state index contributed by atoms with van der Waals surface area (Å²) in [6.45, 7) is 1.54. The molecule has 2 nitrogen and oxygen atoms in total. The fourth-order valence-electron chi connectivity index (χ4n) is 4.09. The van der Waals surface area contributed by atoms with Gasteiger partial charge in [0.1, 0.15) is 5.82 Å². The number of rotatable bonds is 3. The molecule has 3 rings (SSSR count). The largest absolute Gasteiger partial charge is 0.329 e. The van der Waals surface area contributed by atoms with Crippen LogP contribution in [0.25, 0.3) is 0 Å². The van der Waals surface area contributed by atoms with Crippen LogP contribution in [0.5, 0.6) is 0 Å². The Morgan fingerprint density at radius 3 is 2.85 bits per heavy atom. The van der Waals surface area contributed by atoms with E-state index in [-0.39, 0.29) is 11.9 Å². The summed E-state index contributed by atoms with van der Waals surface area (Å²) in [5.41, 5.74) is 6.76. The van der Waals surface area contributed by atoms with Gasteiger partial charge in [0.2, 0.25) is 0 Å². The van der Waals surface area contributed by atoms with Crippen molar-refractivity contribution >= 4 is 15.9 Å². The minimum absolute atomic E-state index is 0.0222. The lowest BCUT2D eigenvalue weighted by molar-refractivity contribution is 0.0686. The minimum atomic E-state index is -0.144. The molecule has 1 aromatic rings. The third-order valence-electron chi connectivity index (χ3n) is 4.98. The van der Waals surface area contributed by atoms with Crippen LogP contribution in [0.3, 0.4) is 0 Å². The van der Waals surface area contributed by atoms with Gasteiger partial charge in [0.25, 0.3) is 0 Å². The van der Waals surface area contributed by atoms with Crippen molar-refractivity contribution in [3.63, 3.8) is 0 Å². The highest BCUT2D eigenvalue weighted by Gasteiger charge is 2.38. The molecule has 0 aromatic heterocycles. The number of piperidine rings is 1. The van der Waals surface area contributed by atoms with Crippen molar-refractivity contribution in [2.75, 3.05) is 13.1 Å². The zero-order chi connectivity index (χ0) is 14.1. The minimum Gasteiger partial charge on any atom is -0.329 e. The zero-order valence-corrected chi connectivity index (χ0v) is 13.3. The van der Waals surface area contributed by atoms with Gasteiger partial charge in [-0.2, -0.15) is 0 Å². The van der Waals surface area contributed by atoms with Gasteiger partial charge in [0, 0.05) is 22.6 Å². The molecule has 3 atom stereocenters. The first kappa shape index (κ1) is 14.5. The third-order valence-corrected chi connectivity index (χ3v) is 5.47. The summed E-state index contributed by atoms with van der Waals surface area (Å²) in [6, 6.07) is 5.98. The number of nitrogens with two attached hydrogens (primary N) is 1. The van der Waals surface area contributed by atoms with E-state index in [1.54, 1.807) is 6.07 Å². The number of nitrogens with zero attached hydrogens (tertiary/aromatic N) is 1. The Morgan fingerprint density at radius 2 is 2.10 bits per heavy atom. The van der Waals surface area contributed by atoms with Crippen molar-refractivity contribution in [3.8, 4) is 0 Å². The molecule has 4 heteroatoms. The molecule has 2 N–H and O–H groups in total. The number of halogens is 2. The fourth-order valence-corrected chi connectivity index (χ4v) is 4.43. The number of hydrogen-bond acceptors (Lipinski definition) is 2. The second-order valence-electron chi connectivity index (χ2n) is 6.06. The second kappa shape index (κ2) is 6.12. The molecule has 1 aromatic carbocycles. The van der Waals surface area contributed by atoms with Crippen LogP contribution in [-0.4, -0.2) is 24.0 Å². The third kappa shape index (κ3) is 2.66. The number of fused-ring (bicyclic) bond motifs is 1. The van der Waals surface area contributed by atoms with Gasteiger partial charge in [-0.25, -0.2) is 4.39 Å². The lowest BCUT2D eigenvalue weighted by atomic mass is 9.89. The van der Waals surface area contributed by atoms with Gasteiger partial charge in [0.15, 0.2) is 0 Å². The maximum absolute atomic E-state index is 14.3. The van der Waals surface area contributed by atoms with Crippen molar-refractivity contribution in [3.05, 3.63) is 34.1 Å². The summed E-state index contributed by atoms with van der Waals surface area (Å²) in [5.74, 6) is 0.659. The second-order valence-corrected chi connectivity index (χ2v) is 6.97. The van der Waals surface area contributed by atoms with Crippen molar-refractivity contribution in [1.82, 2.24) is 4.90 Å². The van der Waals surface area contributed by atoms with Gasteiger partial charge in [0.05, 0.1) is 6.04 Å². The quantitative estimate of drug-likeness (QED) is 0.905. The predicted molar refractivity (Wildman–Crippen MR) is 83.0 cm³/mol. The van der Waals surface area contributed by atoms with Gasteiger partial charge >= 0.3 is 0 Å². The molecular formula is C16H22BrFN2. The van der Waals surface area contributed by atoms with Crippen LogP contribution < -0.4 is 5.73 Å². The molecule has 1 saturated carbocycles. The molecule has 0 bridgehead atoms. The maximum Gasteiger partial charge on any atom is 0.129 e. The standard InChI is InChI=1S/C16H22BrFN2/c17-12-6-7-13(14(18)9-12)16(10-19)20-8-2-4-11-3-1-5-15(11)20/h6-7,9,11,15-16H,1-5,8,10,19H2. The van der Waals surface area contributed by atoms with Crippen molar-refractivity contribution in [2.45, 2.75) is 44.2 Å². The molecule has 110 valence electrons. The number of likely N-dealkylation sites (tertiary alicyclic amines) is 1. The average Bonchev–Trinajstić information content (AvgIpc) is 2.91. The molecule has 0 amide bonds. The SMILES string of the molecule is NCC(c1ccc(Br)cc1F)N1CCCC2CCCC21. The highest BCUT2D eigenvalue weighted by atomic mass is 79.9. The van der Waals surface area contributed by atoms with E-state index >= 15 is 0 Å². The molecule has 20 heavy (non-hydrogen) atoms. The highest BCUT2D eigenvalue weighted by molar-refractivity contribution is 9.10. The molecule has 0 spiro atoms. The summed E-state index contributed by atoms with van der Waals surface area (Å²) >= 11 is 3.32. The van der Waals surface area contributed by atoms with E-state index in [1.165, 1.54) is 32.1 Å². The first-order chi connectivity index (χ1) is 9.70. The Bertz CT molecular complexity index is 480. The van der Waals surface area contributed by atoms with Crippen LogP contribution in [0.4, 0.5) is 4.39 Å². The van der Waals surface area contributed by atoms with Crippen LogP contribution in [0.2, 0.25) is 0 Å². The summed E-state index contributed by atoms with van der Waals surface area (Å²) in [6.07, 6.45) is 6.45. The normalized spacial score (nSPS) is 28.4. The maximum atomic E-state index is 14.3. The van der Waals surface area contributed by atoms with Crippen molar-refractivity contribution in [2.24, 2.45) is 11.7 Å². The van der Waals surface area contributed by atoms with Gasteiger partial charge in [-0.3, -0.25) is 4.90 Å². The lowest BCUT2D eigenvalue weighted by Crippen LogP contribution is -2.47. The lowest BCUT2D eigenvalue weighted by Gasteiger charge is -2.42. The van der Waals surface area contributed by atoms with E-state index in [0.717, 1.165) is 22.5 Å². The summed E-state index contributed by atoms with van der Waals surface area (Å²) in [4.78, 5) is 2.48. The number of benzene rings is 1. The molecule has 0 radical (unpaired) electrons. The predicted octanol–water partition coefficient (Wildman–Crippen LogP) is 3.85. The Hall–Kier alpha value is -0.450. The van der Waals surface area contributed by atoms with Gasteiger partial charge < -0.3 is 5.73 Å². The molecule has 2 aliphatic rings. The van der Waals surface area contributed by atoms with Crippen LogP contribution in [-0.2, 0) is 0 Å². The van der Waals surface area contributed by atoms with Gasteiger partial charge in [-0.15, -0.1) is 0 Å². The monoisotopic (exact) mass is 340 g/mol. The smallest absolute Gasteiger partial charge is 0.129 e. The van der Waals surface area contributed by atoms with E-state index in [4.69, 9.17) is 5.73 Å². The Morgan fingerprint density at radius 1 is 1.30 bits per heavy atom. The van der Waals surface area contributed by atoms with Crippen molar-refractivity contribution in [1.29, 1.82) is 0 Å². The van der Waals surface area contributed by atoms with E-state index < -0.39 is 0 Å². The zero-order valence-electron chi connectivity index (χ0n) is 11.7. The average molecular weight is 341 g/mol. The van der Waals surface area contributed by atoms with Gasteiger partial charge in [-0.1, -0.05) is 28.4 Å². The summed E-state index contributed by atoms with van der Waals surface area (Å²) in [7, 11) is 0.